The van der Waals surface area contributed by atoms with Gasteiger partial charge in [-0.15, -0.1) is 0 Å². The Balaban J connectivity index is 2.51. The van der Waals surface area contributed by atoms with Gasteiger partial charge in [-0.2, -0.15) is 0 Å². The fraction of sp³-hybridized carbons (Fsp3) is 0.455. The van der Waals surface area contributed by atoms with Crippen molar-refractivity contribution in [2.24, 2.45) is 5.73 Å². The summed E-state index contributed by atoms with van der Waals surface area (Å²) in [7, 11) is 1.59. The molecule has 1 aliphatic carbocycles. The third kappa shape index (κ3) is 1.82. The fourth-order valence-electron chi connectivity index (χ4n) is 1.83. The molecule has 1 aromatic carbocycles. The molecule has 0 unspecified atom stereocenters. The van der Waals surface area contributed by atoms with Gasteiger partial charge in [0, 0.05) is 23.0 Å². The van der Waals surface area contributed by atoms with Crippen molar-refractivity contribution >= 4 is 23.2 Å². The lowest BCUT2D eigenvalue weighted by atomic mass is 9.96. The van der Waals surface area contributed by atoms with Crippen molar-refractivity contribution in [3.63, 3.8) is 0 Å². The Morgan fingerprint density at radius 1 is 1.40 bits per heavy atom. The van der Waals surface area contributed by atoms with Crippen molar-refractivity contribution in [2.45, 2.75) is 18.3 Å². The second-order valence-corrected chi connectivity index (χ2v) is 4.77. The Hall–Kier alpha value is -0.440. The van der Waals surface area contributed by atoms with Crippen molar-refractivity contribution in [1.82, 2.24) is 0 Å². The molecule has 4 heteroatoms. The molecule has 0 aliphatic heterocycles. The first-order valence-electron chi connectivity index (χ1n) is 4.86. The summed E-state index contributed by atoms with van der Waals surface area (Å²) in [5.41, 5.74) is 6.83. The predicted molar refractivity (Wildman–Crippen MR) is 63.0 cm³/mol. The van der Waals surface area contributed by atoms with Gasteiger partial charge in [0.05, 0.1) is 12.1 Å². The Morgan fingerprint density at radius 3 is 2.53 bits per heavy atom. The summed E-state index contributed by atoms with van der Waals surface area (Å²) in [4.78, 5) is 0. The van der Waals surface area contributed by atoms with Crippen molar-refractivity contribution < 1.29 is 4.74 Å². The topological polar surface area (TPSA) is 35.2 Å². The van der Waals surface area contributed by atoms with Crippen molar-refractivity contribution in [2.75, 3.05) is 13.7 Å². The molecule has 0 heterocycles. The molecule has 0 atom stereocenters. The van der Waals surface area contributed by atoms with Crippen LogP contribution in [0.15, 0.2) is 12.1 Å². The summed E-state index contributed by atoms with van der Waals surface area (Å²) >= 11 is 12.3. The van der Waals surface area contributed by atoms with E-state index in [0.717, 1.165) is 18.4 Å². The third-order valence-corrected chi connectivity index (χ3v) is 3.65. The normalized spacial score (nSPS) is 17.6. The van der Waals surface area contributed by atoms with Gasteiger partial charge >= 0.3 is 0 Å². The lowest BCUT2D eigenvalue weighted by molar-refractivity contribution is 0.414. The van der Waals surface area contributed by atoms with Gasteiger partial charge in [-0.1, -0.05) is 23.2 Å². The van der Waals surface area contributed by atoms with Gasteiger partial charge in [0.25, 0.3) is 0 Å². The molecule has 0 amide bonds. The summed E-state index contributed by atoms with van der Waals surface area (Å²) in [6.45, 7) is 0.607. The molecule has 2 N–H and O–H groups in total. The molecule has 0 spiro atoms. The van der Waals surface area contributed by atoms with Crippen LogP contribution in [0.25, 0.3) is 0 Å². The zero-order valence-corrected chi connectivity index (χ0v) is 10.0. The largest absolute Gasteiger partial charge is 0.495 e. The predicted octanol–water partition coefficient (Wildman–Crippen LogP) is 2.99. The highest BCUT2D eigenvalue weighted by Gasteiger charge is 2.44. The Bertz CT molecular complexity index is 388. The maximum Gasteiger partial charge on any atom is 0.139 e. The molecule has 2 nitrogen and oxygen atoms in total. The molecular weight excluding hydrogens is 233 g/mol. The van der Waals surface area contributed by atoms with E-state index in [1.165, 1.54) is 0 Å². The van der Waals surface area contributed by atoms with E-state index in [4.69, 9.17) is 33.7 Å². The second kappa shape index (κ2) is 3.85. The lowest BCUT2D eigenvalue weighted by Crippen LogP contribution is -2.20. The monoisotopic (exact) mass is 245 g/mol. The first kappa shape index (κ1) is 11.1. The molecule has 1 fully saturated rings. The highest BCUT2D eigenvalue weighted by atomic mass is 35.5. The van der Waals surface area contributed by atoms with Crippen LogP contribution in [-0.2, 0) is 5.41 Å². The summed E-state index contributed by atoms with van der Waals surface area (Å²) in [6.07, 6.45) is 2.15. The molecule has 1 aromatic rings. The first-order chi connectivity index (χ1) is 7.13. The van der Waals surface area contributed by atoms with E-state index >= 15 is 0 Å². The quantitative estimate of drug-likeness (QED) is 0.889. The van der Waals surface area contributed by atoms with E-state index in [1.54, 1.807) is 13.2 Å². The Kier molecular flexibility index (Phi) is 2.84. The van der Waals surface area contributed by atoms with Gasteiger partial charge in [-0.25, -0.2) is 0 Å². The van der Waals surface area contributed by atoms with Crippen LogP contribution in [0, 0.1) is 0 Å². The summed E-state index contributed by atoms with van der Waals surface area (Å²) < 4.78 is 5.18. The number of benzene rings is 1. The van der Waals surface area contributed by atoms with E-state index in [0.29, 0.717) is 22.3 Å². The SMILES string of the molecule is COc1cc(Cl)cc(C2(CN)CC2)c1Cl. The minimum atomic E-state index is 0.0370. The minimum Gasteiger partial charge on any atom is -0.495 e. The number of rotatable bonds is 3. The molecule has 82 valence electrons. The number of methoxy groups -OCH3 is 1. The average Bonchev–Trinajstić information content (AvgIpc) is 3.01. The van der Waals surface area contributed by atoms with Crippen LogP contribution in [0.4, 0.5) is 0 Å². The van der Waals surface area contributed by atoms with Crippen LogP contribution in [-0.4, -0.2) is 13.7 Å². The van der Waals surface area contributed by atoms with Gasteiger partial charge in [0.2, 0.25) is 0 Å². The van der Waals surface area contributed by atoms with E-state index in [2.05, 4.69) is 0 Å². The van der Waals surface area contributed by atoms with Crippen LogP contribution in [0.2, 0.25) is 10.0 Å². The summed E-state index contributed by atoms with van der Waals surface area (Å²) in [5, 5.41) is 1.29. The summed E-state index contributed by atoms with van der Waals surface area (Å²) in [5.74, 6) is 0.624. The molecule has 0 radical (unpaired) electrons. The molecule has 0 saturated heterocycles. The standard InChI is InChI=1S/C11H13Cl2NO/c1-15-9-5-7(12)4-8(10(9)13)11(6-14)2-3-11/h4-5H,2-3,6,14H2,1H3. The molecule has 1 saturated carbocycles. The lowest BCUT2D eigenvalue weighted by Gasteiger charge is -2.17. The van der Waals surface area contributed by atoms with Crippen LogP contribution in [0.5, 0.6) is 5.75 Å². The minimum absolute atomic E-state index is 0.0370. The molecule has 15 heavy (non-hydrogen) atoms. The van der Waals surface area contributed by atoms with Gasteiger partial charge < -0.3 is 10.5 Å². The van der Waals surface area contributed by atoms with E-state index < -0.39 is 0 Å². The fourth-order valence-corrected chi connectivity index (χ4v) is 2.43. The number of ether oxygens (including phenoxy) is 1. The highest BCUT2D eigenvalue weighted by Crippen LogP contribution is 2.52. The molecule has 2 rings (SSSR count). The maximum atomic E-state index is 6.24. The molecule has 0 bridgehead atoms. The summed E-state index contributed by atoms with van der Waals surface area (Å²) in [6, 6.07) is 3.62. The molecule has 0 aromatic heterocycles. The number of halogens is 2. The van der Waals surface area contributed by atoms with Crippen molar-refractivity contribution in [1.29, 1.82) is 0 Å². The first-order valence-corrected chi connectivity index (χ1v) is 5.62. The smallest absolute Gasteiger partial charge is 0.139 e. The maximum absolute atomic E-state index is 6.24. The van der Waals surface area contributed by atoms with Crippen molar-refractivity contribution in [3.8, 4) is 5.75 Å². The van der Waals surface area contributed by atoms with E-state index in [1.807, 2.05) is 6.07 Å². The Morgan fingerprint density at radius 2 is 2.07 bits per heavy atom. The van der Waals surface area contributed by atoms with Crippen LogP contribution in [0.1, 0.15) is 18.4 Å². The van der Waals surface area contributed by atoms with Gasteiger partial charge in [0.15, 0.2) is 0 Å². The molecular formula is C11H13Cl2NO. The number of nitrogens with two attached hydrogens (primary N) is 1. The van der Waals surface area contributed by atoms with Gasteiger partial charge in [-0.3, -0.25) is 0 Å². The van der Waals surface area contributed by atoms with Gasteiger partial charge in [-0.05, 0) is 24.5 Å². The Labute approximate surface area is 99.3 Å². The number of hydrogen-bond acceptors (Lipinski definition) is 2. The zero-order valence-electron chi connectivity index (χ0n) is 8.52. The molecule has 1 aliphatic rings. The van der Waals surface area contributed by atoms with Crippen molar-refractivity contribution in [3.05, 3.63) is 27.7 Å². The van der Waals surface area contributed by atoms with E-state index in [-0.39, 0.29) is 5.41 Å². The second-order valence-electron chi connectivity index (χ2n) is 3.95. The third-order valence-electron chi connectivity index (χ3n) is 3.04. The average molecular weight is 246 g/mol. The zero-order chi connectivity index (χ0) is 11.1. The van der Waals surface area contributed by atoms with Crippen LogP contribution < -0.4 is 10.5 Å². The highest BCUT2D eigenvalue weighted by molar-refractivity contribution is 6.35. The van der Waals surface area contributed by atoms with Gasteiger partial charge in [0.1, 0.15) is 5.75 Å². The van der Waals surface area contributed by atoms with Crippen LogP contribution in [0.3, 0.4) is 0 Å². The number of hydrogen-bond donors (Lipinski definition) is 1. The van der Waals surface area contributed by atoms with E-state index in [9.17, 15) is 0 Å². The van der Waals surface area contributed by atoms with Crippen LogP contribution >= 0.6 is 23.2 Å².